The molecule has 0 aromatic carbocycles. The number of thioether (sulfide) groups is 2. The first kappa shape index (κ1) is 16.7. The maximum atomic E-state index is 12.2. The lowest BCUT2D eigenvalue weighted by atomic mass is 9.92. The van der Waals surface area contributed by atoms with Gasteiger partial charge in [0.15, 0.2) is 11.6 Å². The number of aliphatic carboxylic acids is 1. The summed E-state index contributed by atoms with van der Waals surface area (Å²) in [5, 5.41) is 36.5. The fraction of sp³-hybridized carbons (Fsp3) is 0.308. The number of β-lactam (4-membered cyclic amide) rings is 1. The van der Waals surface area contributed by atoms with Gasteiger partial charge in [0.1, 0.15) is 5.37 Å². The lowest BCUT2D eigenvalue weighted by Crippen LogP contribution is -2.60. The van der Waals surface area contributed by atoms with Gasteiger partial charge in [0, 0.05) is 6.07 Å². The van der Waals surface area contributed by atoms with E-state index in [1.165, 1.54) is 6.92 Å². The fourth-order valence-electron chi connectivity index (χ4n) is 2.55. The van der Waals surface area contributed by atoms with Crippen LogP contribution in [0.5, 0.6) is 11.8 Å². The molecule has 2 aliphatic heterocycles. The van der Waals surface area contributed by atoms with E-state index in [2.05, 4.69) is 4.98 Å². The molecular formula is C13H12N2O7S2. The van der Waals surface area contributed by atoms with Crippen LogP contribution >= 0.6 is 23.5 Å². The largest absolute Gasteiger partial charge is 0.494 e. The Kier molecular flexibility index (Phi) is 4.01. The summed E-state index contributed by atoms with van der Waals surface area (Å²) in [7, 11) is 0. The number of aromatic amines is 1. The molecule has 3 heterocycles. The molecule has 1 fully saturated rings. The number of carboxylic acid groups (broad SMARTS) is 1. The van der Waals surface area contributed by atoms with E-state index in [1.807, 2.05) is 0 Å². The van der Waals surface area contributed by atoms with Crippen LogP contribution in [-0.2, 0) is 9.59 Å². The van der Waals surface area contributed by atoms with Gasteiger partial charge < -0.3 is 20.4 Å². The van der Waals surface area contributed by atoms with E-state index >= 15 is 0 Å². The van der Waals surface area contributed by atoms with Crippen LogP contribution in [0.15, 0.2) is 16.0 Å². The third-order valence-electron chi connectivity index (χ3n) is 3.66. The number of hydrogen-bond donors (Lipinski definition) is 5. The summed E-state index contributed by atoms with van der Waals surface area (Å²) in [4.78, 5) is 38.9. The average molecular weight is 372 g/mol. The molecule has 0 unspecified atom stereocenters. The molecule has 3 atom stereocenters. The van der Waals surface area contributed by atoms with Gasteiger partial charge in [-0.05, 0) is 18.7 Å². The standard InChI is InChI=1S/C13H12N2O7S2/c1-3(16)6-9(19)15-7(11(20)21)13(23-10(6)15)24-12(22)4-2-5(17)14-8(4)18/h2-3,6,10,14,16-18H,1H3,(H,20,21)/t3-,6+,10-/m1/s1. The van der Waals surface area contributed by atoms with Crippen molar-refractivity contribution in [2.75, 3.05) is 0 Å². The maximum absolute atomic E-state index is 12.2. The summed E-state index contributed by atoms with van der Waals surface area (Å²) in [6.45, 7) is 1.44. The number of aromatic hydroxyl groups is 2. The molecule has 0 saturated carbocycles. The Bertz CT molecular complexity index is 785. The number of carboxylic acids is 1. The van der Waals surface area contributed by atoms with Gasteiger partial charge in [-0.25, -0.2) is 4.79 Å². The lowest BCUT2D eigenvalue weighted by molar-refractivity contribution is -0.156. The fourth-order valence-corrected chi connectivity index (χ4v) is 5.30. The highest BCUT2D eigenvalue weighted by Crippen LogP contribution is 2.54. The van der Waals surface area contributed by atoms with E-state index in [1.54, 1.807) is 0 Å². The van der Waals surface area contributed by atoms with Crippen LogP contribution in [0.4, 0.5) is 0 Å². The Balaban J connectivity index is 1.87. The molecule has 128 valence electrons. The van der Waals surface area contributed by atoms with Crippen LogP contribution in [0.25, 0.3) is 0 Å². The minimum Gasteiger partial charge on any atom is -0.494 e. The Morgan fingerprint density at radius 2 is 2.08 bits per heavy atom. The second-order valence-electron chi connectivity index (χ2n) is 5.23. The molecule has 24 heavy (non-hydrogen) atoms. The second-order valence-corrected chi connectivity index (χ2v) is 7.60. The van der Waals surface area contributed by atoms with E-state index in [-0.39, 0.29) is 15.5 Å². The normalized spacial score (nSPS) is 23.9. The Morgan fingerprint density at radius 1 is 1.42 bits per heavy atom. The van der Waals surface area contributed by atoms with E-state index in [0.29, 0.717) is 11.8 Å². The number of aliphatic hydroxyl groups excluding tert-OH is 1. The van der Waals surface area contributed by atoms with E-state index in [0.717, 1.165) is 22.7 Å². The van der Waals surface area contributed by atoms with E-state index in [4.69, 9.17) is 0 Å². The molecule has 11 heteroatoms. The smallest absolute Gasteiger partial charge is 0.354 e. The maximum Gasteiger partial charge on any atom is 0.354 e. The molecule has 1 aromatic rings. The Hall–Kier alpha value is -2.11. The summed E-state index contributed by atoms with van der Waals surface area (Å²) >= 11 is 1.55. The predicted octanol–water partition coefficient (Wildman–Crippen LogP) is 0.465. The molecule has 9 nitrogen and oxygen atoms in total. The average Bonchev–Trinajstić information content (AvgIpc) is 2.96. The van der Waals surface area contributed by atoms with Crippen molar-refractivity contribution in [1.29, 1.82) is 0 Å². The number of aromatic nitrogens is 1. The highest BCUT2D eigenvalue weighted by Gasteiger charge is 2.58. The summed E-state index contributed by atoms with van der Waals surface area (Å²) in [5.41, 5.74) is -0.521. The van der Waals surface area contributed by atoms with Gasteiger partial charge in [0.05, 0.1) is 21.8 Å². The summed E-state index contributed by atoms with van der Waals surface area (Å²) in [5.74, 6) is -3.55. The molecule has 5 N–H and O–H groups in total. The first-order valence-electron chi connectivity index (χ1n) is 6.70. The number of carbonyl (C=O) groups is 3. The SMILES string of the molecule is C[C@@H](O)[C@H]1C(=O)N2C(C(=O)O)=C(SC(=O)c3cc(O)[nH]c3O)S[C@H]12. The van der Waals surface area contributed by atoms with Crippen LogP contribution in [0.2, 0.25) is 0 Å². The van der Waals surface area contributed by atoms with Crippen LogP contribution in [-0.4, -0.2) is 58.8 Å². The third kappa shape index (κ3) is 2.44. The Morgan fingerprint density at radius 3 is 2.58 bits per heavy atom. The summed E-state index contributed by atoms with van der Waals surface area (Å²) in [6, 6.07) is 1.02. The quantitative estimate of drug-likeness (QED) is 0.475. The van der Waals surface area contributed by atoms with Crippen LogP contribution in [0.3, 0.4) is 0 Å². The topological polar surface area (TPSA) is 151 Å². The number of carbonyl (C=O) groups excluding carboxylic acids is 2. The zero-order valence-corrected chi connectivity index (χ0v) is 13.7. The van der Waals surface area contributed by atoms with Crippen LogP contribution in [0, 0.1) is 5.92 Å². The number of fused-ring (bicyclic) bond motifs is 1. The van der Waals surface area contributed by atoms with E-state index in [9.17, 15) is 34.8 Å². The van der Waals surface area contributed by atoms with Crippen LogP contribution < -0.4 is 0 Å². The number of rotatable bonds is 4. The van der Waals surface area contributed by atoms with Gasteiger partial charge in [-0.15, -0.1) is 0 Å². The van der Waals surface area contributed by atoms with Gasteiger partial charge in [-0.1, -0.05) is 11.8 Å². The predicted molar refractivity (Wildman–Crippen MR) is 84.1 cm³/mol. The first-order valence-corrected chi connectivity index (χ1v) is 8.40. The molecule has 0 spiro atoms. The van der Waals surface area contributed by atoms with Gasteiger partial charge >= 0.3 is 5.97 Å². The van der Waals surface area contributed by atoms with Crippen molar-refractivity contribution in [2.24, 2.45) is 5.92 Å². The number of H-pyrrole nitrogens is 1. The monoisotopic (exact) mass is 372 g/mol. The molecule has 1 amide bonds. The lowest BCUT2D eigenvalue weighted by Gasteiger charge is -2.43. The molecule has 1 saturated heterocycles. The zero-order chi connectivity index (χ0) is 17.8. The summed E-state index contributed by atoms with van der Waals surface area (Å²) < 4.78 is 0.0917. The van der Waals surface area contributed by atoms with Gasteiger partial charge in [0.25, 0.3) is 0 Å². The van der Waals surface area contributed by atoms with Crippen molar-refractivity contribution in [3.05, 3.63) is 21.6 Å². The highest BCUT2D eigenvalue weighted by molar-refractivity contribution is 8.30. The van der Waals surface area contributed by atoms with Crippen molar-refractivity contribution >= 4 is 40.5 Å². The minimum atomic E-state index is -1.36. The molecular weight excluding hydrogens is 360 g/mol. The van der Waals surface area contributed by atoms with Crippen molar-refractivity contribution in [3.8, 4) is 11.8 Å². The number of nitrogens with one attached hydrogen (secondary N) is 1. The first-order chi connectivity index (χ1) is 11.2. The molecule has 2 aliphatic rings. The molecule has 0 bridgehead atoms. The van der Waals surface area contributed by atoms with Crippen molar-refractivity contribution in [2.45, 2.75) is 18.4 Å². The molecule has 1 aromatic heterocycles. The summed E-state index contributed by atoms with van der Waals surface area (Å²) in [6.07, 6.45) is -0.938. The molecule has 0 aliphatic carbocycles. The Labute approximate surface area is 143 Å². The van der Waals surface area contributed by atoms with Crippen molar-refractivity contribution in [1.82, 2.24) is 9.88 Å². The van der Waals surface area contributed by atoms with Gasteiger partial charge in [-0.3, -0.25) is 19.5 Å². The van der Waals surface area contributed by atoms with Crippen molar-refractivity contribution < 1.29 is 34.8 Å². The second kappa shape index (κ2) is 5.76. The van der Waals surface area contributed by atoms with E-state index < -0.39 is 46.1 Å². The molecule has 3 rings (SSSR count). The van der Waals surface area contributed by atoms with Gasteiger partial charge in [0.2, 0.25) is 16.9 Å². The minimum absolute atomic E-state index is 0.0917. The number of nitrogens with zero attached hydrogens (tertiary/aromatic N) is 1. The third-order valence-corrected chi connectivity index (χ3v) is 6.13. The van der Waals surface area contributed by atoms with Crippen LogP contribution in [0.1, 0.15) is 17.3 Å². The number of aliphatic hydroxyl groups is 1. The van der Waals surface area contributed by atoms with Gasteiger partial charge in [-0.2, -0.15) is 0 Å². The van der Waals surface area contributed by atoms with Crippen molar-refractivity contribution in [3.63, 3.8) is 0 Å². The molecule has 0 radical (unpaired) electrons. The number of amides is 1. The highest BCUT2D eigenvalue weighted by atomic mass is 32.2. The number of hydrogen-bond acceptors (Lipinski definition) is 8. The zero-order valence-electron chi connectivity index (χ0n) is 12.1.